The molecule has 0 fully saturated rings. The highest BCUT2D eigenvalue weighted by molar-refractivity contribution is 9.10. The first-order valence-corrected chi connectivity index (χ1v) is 7.22. The minimum atomic E-state index is 0.638. The second kappa shape index (κ2) is 7.20. The molecular formula is C16H18BrNO2. The zero-order valence-electron chi connectivity index (χ0n) is 11.7. The van der Waals surface area contributed by atoms with Crippen molar-refractivity contribution in [3.8, 4) is 11.5 Å². The Bertz CT molecular complexity index is 542. The molecule has 0 aliphatic rings. The van der Waals surface area contributed by atoms with Crippen LogP contribution < -0.4 is 14.4 Å². The number of hydrogen-bond acceptors (Lipinski definition) is 3. The number of nitrogens with zero attached hydrogens (tertiary/aromatic N) is 1. The van der Waals surface area contributed by atoms with E-state index in [0.717, 1.165) is 28.2 Å². The molecule has 0 N–H and O–H groups in total. The van der Waals surface area contributed by atoms with Crippen LogP contribution in [-0.4, -0.2) is 27.3 Å². The van der Waals surface area contributed by atoms with Crippen molar-refractivity contribution in [2.75, 3.05) is 32.2 Å². The molecule has 0 unspecified atom stereocenters. The Balaban J connectivity index is 1.83. The van der Waals surface area contributed by atoms with E-state index in [2.05, 4.69) is 20.8 Å². The highest BCUT2D eigenvalue weighted by atomic mass is 79.9. The summed E-state index contributed by atoms with van der Waals surface area (Å²) < 4.78 is 11.9. The zero-order chi connectivity index (χ0) is 14.4. The van der Waals surface area contributed by atoms with Gasteiger partial charge in [0.1, 0.15) is 18.1 Å². The lowest BCUT2D eigenvalue weighted by atomic mass is 10.3. The van der Waals surface area contributed by atoms with Gasteiger partial charge in [-0.1, -0.05) is 22.0 Å². The maximum Gasteiger partial charge on any atom is 0.120 e. The van der Waals surface area contributed by atoms with Crippen molar-refractivity contribution < 1.29 is 9.47 Å². The van der Waals surface area contributed by atoms with Crippen LogP contribution in [0, 0.1) is 0 Å². The van der Waals surface area contributed by atoms with Crippen LogP contribution in [0.15, 0.2) is 53.0 Å². The number of methoxy groups -OCH3 is 1. The van der Waals surface area contributed by atoms with E-state index >= 15 is 0 Å². The predicted molar refractivity (Wildman–Crippen MR) is 85.9 cm³/mol. The van der Waals surface area contributed by atoms with Crippen LogP contribution in [-0.2, 0) is 0 Å². The first-order chi connectivity index (χ1) is 9.69. The Hall–Kier alpha value is -1.68. The first kappa shape index (κ1) is 14.7. The molecule has 20 heavy (non-hydrogen) atoms. The molecule has 0 saturated carbocycles. The van der Waals surface area contributed by atoms with Crippen molar-refractivity contribution in [2.24, 2.45) is 0 Å². The summed E-state index contributed by atoms with van der Waals surface area (Å²) in [5, 5.41) is 0. The normalized spacial score (nSPS) is 10.2. The lowest BCUT2D eigenvalue weighted by Crippen LogP contribution is -2.23. The van der Waals surface area contributed by atoms with Crippen molar-refractivity contribution in [3.63, 3.8) is 0 Å². The van der Waals surface area contributed by atoms with Crippen LogP contribution in [0.1, 0.15) is 0 Å². The van der Waals surface area contributed by atoms with Gasteiger partial charge in [-0.15, -0.1) is 0 Å². The first-order valence-electron chi connectivity index (χ1n) is 6.42. The molecule has 3 nitrogen and oxygen atoms in total. The van der Waals surface area contributed by atoms with Gasteiger partial charge in [-0.25, -0.2) is 0 Å². The highest BCUT2D eigenvalue weighted by Gasteiger charge is 2.02. The minimum Gasteiger partial charge on any atom is -0.497 e. The van der Waals surface area contributed by atoms with Gasteiger partial charge in [0.2, 0.25) is 0 Å². The summed E-state index contributed by atoms with van der Waals surface area (Å²) >= 11 is 3.43. The average Bonchev–Trinajstić information content (AvgIpc) is 2.47. The van der Waals surface area contributed by atoms with E-state index in [0.29, 0.717) is 6.61 Å². The number of ether oxygens (including phenoxy) is 2. The molecule has 2 aromatic carbocycles. The van der Waals surface area contributed by atoms with Crippen molar-refractivity contribution in [1.29, 1.82) is 0 Å². The number of halogens is 1. The second-order valence-electron chi connectivity index (χ2n) is 4.43. The standard InChI is InChI=1S/C16H18BrNO2/c1-18(14-6-8-15(19-2)9-7-14)10-11-20-16-5-3-4-13(17)12-16/h3-9,12H,10-11H2,1-2H3. The molecule has 106 valence electrons. The number of anilines is 1. The Kier molecular flexibility index (Phi) is 5.30. The van der Waals surface area contributed by atoms with Crippen LogP contribution in [0.2, 0.25) is 0 Å². The van der Waals surface area contributed by atoms with Crippen molar-refractivity contribution >= 4 is 21.6 Å². The average molecular weight is 336 g/mol. The summed E-state index contributed by atoms with van der Waals surface area (Å²) in [5.41, 5.74) is 1.14. The number of rotatable bonds is 6. The SMILES string of the molecule is COc1ccc(N(C)CCOc2cccc(Br)c2)cc1. The predicted octanol–water partition coefficient (Wildman–Crippen LogP) is 3.97. The quantitative estimate of drug-likeness (QED) is 0.797. The molecular weight excluding hydrogens is 318 g/mol. The van der Waals surface area contributed by atoms with Gasteiger partial charge in [0, 0.05) is 17.2 Å². The maximum absolute atomic E-state index is 5.73. The van der Waals surface area contributed by atoms with Gasteiger partial charge < -0.3 is 14.4 Å². The molecule has 2 aromatic rings. The summed E-state index contributed by atoms with van der Waals surface area (Å²) in [6.45, 7) is 1.46. The monoisotopic (exact) mass is 335 g/mol. The lowest BCUT2D eigenvalue weighted by molar-refractivity contribution is 0.326. The minimum absolute atomic E-state index is 0.638. The summed E-state index contributed by atoms with van der Waals surface area (Å²) in [4.78, 5) is 2.15. The fourth-order valence-corrected chi connectivity index (χ4v) is 2.20. The van der Waals surface area contributed by atoms with E-state index in [4.69, 9.17) is 9.47 Å². The smallest absolute Gasteiger partial charge is 0.120 e. The van der Waals surface area contributed by atoms with E-state index in [1.807, 2.05) is 55.6 Å². The second-order valence-corrected chi connectivity index (χ2v) is 5.34. The van der Waals surface area contributed by atoms with Gasteiger partial charge in [0.25, 0.3) is 0 Å². The molecule has 0 aliphatic heterocycles. The molecule has 0 atom stereocenters. The van der Waals surface area contributed by atoms with Crippen LogP contribution in [0.25, 0.3) is 0 Å². The van der Waals surface area contributed by atoms with Crippen molar-refractivity contribution in [1.82, 2.24) is 0 Å². The van der Waals surface area contributed by atoms with E-state index < -0.39 is 0 Å². The molecule has 0 aromatic heterocycles. The molecule has 4 heteroatoms. The lowest BCUT2D eigenvalue weighted by Gasteiger charge is -2.19. The summed E-state index contributed by atoms with van der Waals surface area (Å²) in [6.07, 6.45) is 0. The number of hydrogen-bond donors (Lipinski definition) is 0. The Morgan fingerprint density at radius 1 is 1.05 bits per heavy atom. The molecule has 0 spiro atoms. The Morgan fingerprint density at radius 2 is 1.80 bits per heavy atom. The van der Waals surface area contributed by atoms with E-state index in [-0.39, 0.29) is 0 Å². The van der Waals surface area contributed by atoms with Gasteiger partial charge in [-0.05, 0) is 42.5 Å². The summed E-state index contributed by atoms with van der Waals surface area (Å²) in [5.74, 6) is 1.75. The van der Waals surface area contributed by atoms with Crippen molar-refractivity contribution in [3.05, 3.63) is 53.0 Å². The fraction of sp³-hybridized carbons (Fsp3) is 0.250. The van der Waals surface area contributed by atoms with Crippen LogP contribution in [0.3, 0.4) is 0 Å². The van der Waals surface area contributed by atoms with Gasteiger partial charge >= 0.3 is 0 Å². The molecule has 0 aliphatic carbocycles. The fourth-order valence-electron chi connectivity index (χ4n) is 1.82. The van der Waals surface area contributed by atoms with Gasteiger partial charge in [0.05, 0.1) is 13.7 Å². The third-order valence-corrected chi connectivity index (χ3v) is 3.50. The van der Waals surface area contributed by atoms with Crippen LogP contribution in [0.4, 0.5) is 5.69 Å². The van der Waals surface area contributed by atoms with E-state index in [1.165, 1.54) is 0 Å². The Labute approximate surface area is 128 Å². The molecule has 2 rings (SSSR count). The molecule has 0 saturated heterocycles. The Morgan fingerprint density at radius 3 is 2.45 bits per heavy atom. The topological polar surface area (TPSA) is 21.7 Å². The van der Waals surface area contributed by atoms with E-state index in [9.17, 15) is 0 Å². The number of benzene rings is 2. The third kappa shape index (κ3) is 4.17. The molecule has 0 heterocycles. The van der Waals surface area contributed by atoms with Crippen molar-refractivity contribution in [2.45, 2.75) is 0 Å². The van der Waals surface area contributed by atoms with Gasteiger partial charge in [0.15, 0.2) is 0 Å². The number of likely N-dealkylation sites (N-methyl/N-ethyl adjacent to an activating group) is 1. The highest BCUT2D eigenvalue weighted by Crippen LogP contribution is 2.19. The molecule has 0 amide bonds. The largest absolute Gasteiger partial charge is 0.497 e. The van der Waals surface area contributed by atoms with Crippen LogP contribution >= 0.6 is 15.9 Å². The molecule has 0 bridgehead atoms. The van der Waals surface area contributed by atoms with Gasteiger partial charge in [-0.3, -0.25) is 0 Å². The summed E-state index contributed by atoms with van der Waals surface area (Å²) in [7, 11) is 3.72. The third-order valence-electron chi connectivity index (χ3n) is 3.00. The van der Waals surface area contributed by atoms with E-state index in [1.54, 1.807) is 7.11 Å². The zero-order valence-corrected chi connectivity index (χ0v) is 13.3. The van der Waals surface area contributed by atoms with Gasteiger partial charge in [-0.2, -0.15) is 0 Å². The van der Waals surface area contributed by atoms with Crippen LogP contribution in [0.5, 0.6) is 11.5 Å². The maximum atomic E-state index is 5.73. The summed E-state index contributed by atoms with van der Waals surface area (Å²) in [6, 6.07) is 15.9. The molecule has 0 radical (unpaired) electrons.